The van der Waals surface area contributed by atoms with Crippen LogP contribution in [-0.2, 0) is 11.1 Å². The van der Waals surface area contributed by atoms with Gasteiger partial charge in [0.25, 0.3) is 5.56 Å². The molecule has 2 aromatic rings. The molecule has 0 aliphatic heterocycles. The average Bonchev–Trinajstić information content (AvgIpc) is 2.59. The largest absolute Gasteiger partial charge is 0.293 e. The molecule has 0 aliphatic rings. The van der Waals surface area contributed by atoms with E-state index in [-0.39, 0.29) is 16.6 Å². The lowest BCUT2D eigenvalue weighted by Crippen LogP contribution is -2.33. The first-order chi connectivity index (χ1) is 8.10. The Hall–Kier alpha value is -1.65. The molecule has 0 fully saturated rings. The Morgan fingerprint density at radius 3 is 2.17 bits per heavy atom. The highest BCUT2D eigenvalue weighted by Crippen LogP contribution is 2.17. The summed E-state index contributed by atoms with van der Waals surface area (Å²) in [5.74, 6) is 0. The Balaban J connectivity index is 2.73. The number of hydrogen-bond acceptors (Lipinski definition) is 3. The Bertz CT molecular complexity index is 638. The molecular formula is C13H20N4O. The van der Waals surface area contributed by atoms with E-state index in [1.165, 1.54) is 0 Å². The van der Waals surface area contributed by atoms with Crippen molar-refractivity contribution in [2.75, 3.05) is 0 Å². The van der Waals surface area contributed by atoms with Crippen LogP contribution in [0.2, 0.25) is 0 Å². The van der Waals surface area contributed by atoms with Crippen molar-refractivity contribution < 1.29 is 0 Å². The second-order valence-corrected chi connectivity index (χ2v) is 6.57. The minimum absolute atomic E-state index is 0.0389. The summed E-state index contributed by atoms with van der Waals surface area (Å²) in [6.07, 6.45) is 3.36. The van der Waals surface area contributed by atoms with Crippen molar-refractivity contribution >= 4 is 11.0 Å². The molecule has 0 spiro atoms. The van der Waals surface area contributed by atoms with Crippen LogP contribution in [0.5, 0.6) is 0 Å². The highest BCUT2D eigenvalue weighted by atomic mass is 16.1. The van der Waals surface area contributed by atoms with Gasteiger partial charge in [-0.2, -0.15) is 5.10 Å². The van der Waals surface area contributed by atoms with E-state index in [0.717, 1.165) is 0 Å². The van der Waals surface area contributed by atoms with Gasteiger partial charge in [0.05, 0.1) is 5.54 Å². The summed E-state index contributed by atoms with van der Waals surface area (Å²) in [7, 11) is 0. The van der Waals surface area contributed by atoms with Crippen LogP contribution in [0.25, 0.3) is 11.0 Å². The molecule has 5 heteroatoms. The number of nitrogens with zero attached hydrogens (tertiary/aromatic N) is 4. The third-order valence-corrected chi connectivity index (χ3v) is 2.85. The second kappa shape index (κ2) is 3.67. The number of aromatic nitrogens is 4. The zero-order valence-corrected chi connectivity index (χ0v) is 11.9. The van der Waals surface area contributed by atoms with Gasteiger partial charge in [0.15, 0.2) is 5.65 Å². The van der Waals surface area contributed by atoms with E-state index in [4.69, 9.17) is 0 Å². The van der Waals surface area contributed by atoms with E-state index in [9.17, 15) is 4.79 Å². The predicted octanol–water partition coefficient (Wildman–Crippen LogP) is 2.10. The van der Waals surface area contributed by atoms with Crippen LogP contribution in [0.1, 0.15) is 41.5 Å². The molecule has 98 valence electrons. The monoisotopic (exact) mass is 248 g/mol. The smallest absolute Gasteiger partial charge is 0.264 e. The van der Waals surface area contributed by atoms with Crippen LogP contribution in [0, 0.1) is 0 Å². The molecular weight excluding hydrogens is 228 g/mol. The van der Waals surface area contributed by atoms with Gasteiger partial charge in [-0.15, -0.1) is 0 Å². The van der Waals surface area contributed by atoms with Crippen molar-refractivity contribution in [3.63, 3.8) is 0 Å². The lowest BCUT2D eigenvalue weighted by atomic mass is 10.1. The molecule has 2 heterocycles. The van der Waals surface area contributed by atoms with E-state index < -0.39 is 0 Å². The summed E-state index contributed by atoms with van der Waals surface area (Å²) < 4.78 is 3.43. The standard InChI is InChI=1S/C13H20N4O/c1-12(2,3)16-8-14-10-9(11(16)18)7-17(15-10)13(4,5)6/h7-8H,1-6H3. The summed E-state index contributed by atoms with van der Waals surface area (Å²) in [5, 5.41) is 4.93. The minimum atomic E-state index is -0.276. The fourth-order valence-corrected chi connectivity index (χ4v) is 1.73. The van der Waals surface area contributed by atoms with Gasteiger partial charge >= 0.3 is 0 Å². The van der Waals surface area contributed by atoms with Gasteiger partial charge in [-0.05, 0) is 41.5 Å². The SMILES string of the molecule is CC(C)(C)n1cc2c(=O)n(C(C)(C)C)cnc2n1. The van der Waals surface area contributed by atoms with Crippen LogP contribution in [0.15, 0.2) is 17.3 Å². The first kappa shape index (κ1) is 12.8. The molecule has 0 saturated carbocycles. The van der Waals surface area contributed by atoms with Gasteiger partial charge in [-0.1, -0.05) is 0 Å². The van der Waals surface area contributed by atoms with E-state index >= 15 is 0 Å². The maximum absolute atomic E-state index is 12.4. The molecule has 0 atom stereocenters. The normalized spacial score (nSPS) is 13.2. The zero-order chi connectivity index (χ0) is 13.7. The van der Waals surface area contributed by atoms with Crippen LogP contribution in [0.4, 0.5) is 0 Å². The lowest BCUT2D eigenvalue weighted by molar-refractivity contribution is 0.358. The maximum Gasteiger partial charge on any atom is 0.264 e. The van der Waals surface area contributed by atoms with Crippen molar-refractivity contribution in [3.05, 3.63) is 22.9 Å². The van der Waals surface area contributed by atoms with Crippen molar-refractivity contribution in [3.8, 4) is 0 Å². The molecule has 0 unspecified atom stereocenters. The summed E-state index contributed by atoms with van der Waals surface area (Å²) in [4.78, 5) is 16.7. The number of rotatable bonds is 0. The molecule has 0 radical (unpaired) electrons. The van der Waals surface area contributed by atoms with Gasteiger partial charge in [0, 0.05) is 11.7 Å². The van der Waals surface area contributed by atoms with Gasteiger partial charge in [-0.25, -0.2) is 4.98 Å². The van der Waals surface area contributed by atoms with Crippen molar-refractivity contribution in [1.82, 2.24) is 19.3 Å². The lowest BCUT2D eigenvalue weighted by Gasteiger charge is -2.21. The highest BCUT2D eigenvalue weighted by molar-refractivity contribution is 5.72. The third kappa shape index (κ3) is 2.05. The first-order valence-corrected chi connectivity index (χ1v) is 6.09. The van der Waals surface area contributed by atoms with Crippen molar-refractivity contribution in [1.29, 1.82) is 0 Å². The van der Waals surface area contributed by atoms with E-state index in [1.54, 1.807) is 21.8 Å². The van der Waals surface area contributed by atoms with Gasteiger partial charge < -0.3 is 0 Å². The van der Waals surface area contributed by atoms with Gasteiger partial charge in [0.1, 0.15) is 11.7 Å². The van der Waals surface area contributed by atoms with Crippen molar-refractivity contribution in [2.24, 2.45) is 0 Å². The fourth-order valence-electron chi connectivity index (χ4n) is 1.73. The van der Waals surface area contributed by atoms with Gasteiger partial charge in [0.2, 0.25) is 0 Å². The van der Waals surface area contributed by atoms with Crippen LogP contribution in [-0.4, -0.2) is 19.3 Å². The topological polar surface area (TPSA) is 52.7 Å². The molecule has 5 nitrogen and oxygen atoms in total. The minimum Gasteiger partial charge on any atom is -0.293 e. The summed E-state index contributed by atoms with van der Waals surface area (Å²) >= 11 is 0. The van der Waals surface area contributed by atoms with Crippen molar-refractivity contribution in [2.45, 2.75) is 52.6 Å². The molecule has 0 bridgehead atoms. The number of fused-ring (bicyclic) bond motifs is 1. The molecule has 18 heavy (non-hydrogen) atoms. The molecule has 0 saturated heterocycles. The molecule has 2 aromatic heterocycles. The van der Waals surface area contributed by atoms with Crippen LogP contribution < -0.4 is 5.56 Å². The zero-order valence-electron chi connectivity index (χ0n) is 11.9. The average molecular weight is 248 g/mol. The molecule has 0 amide bonds. The molecule has 0 aliphatic carbocycles. The van der Waals surface area contributed by atoms with E-state index in [0.29, 0.717) is 11.0 Å². The first-order valence-electron chi connectivity index (χ1n) is 6.09. The van der Waals surface area contributed by atoms with E-state index in [1.807, 2.05) is 41.5 Å². The predicted molar refractivity (Wildman–Crippen MR) is 71.8 cm³/mol. The number of hydrogen-bond donors (Lipinski definition) is 0. The highest BCUT2D eigenvalue weighted by Gasteiger charge is 2.20. The van der Waals surface area contributed by atoms with E-state index in [2.05, 4.69) is 10.1 Å². The third-order valence-electron chi connectivity index (χ3n) is 2.85. The quantitative estimate of drug-likeness (QED) is 0.717. The fraction of sp³-hybridized carbons (Fsp3) is 0.615. The Morgan fingerprint density at radius 1 is 1.06 bits per heavy atom. The maximum atomic E-state index is 12.4. The Labute approximate surface area is 106 Å². The molecule has 2 rings (SSSR count). The summed E-state index contributed by atoms with van der Waals surface area (Å²) in [6.45, 7) is 12.1. The second-order valence-electron chi connectivity index (χ2n) is 6.57. The Morgan fingerprint density at radius 2 is 1.67 bits per heavy atom. The van der Waals surface area contributed by atoms with Crippen LogP contribution in [0.3, 0.4) is 0 Å². The summed E-state index contributed by atoms with van der Waals surface area (Å²) in [5.41, 5.74) is 0.0420. The molecule has 0 aromatic carbocycles. The Kier molecular flexibility index (Phi) is 2.61. The van der Waals surface area contributed by atoms with Crippen LogP contribution >= 0.6 is 0 Å². The molecule has 0 N–H and O–H groups in total. The van der Waals surface area contributed by atoms with Gasteiger partial charge in [-0.3, -0.25) is 14.0 Å². The summed E-state index contributed by atoms with van der Waals surface area (Å²) in [6, 6.07) is 0.